The molecular formula is C116H85N5. The maximum Gasteiger partial charge on any atom is 0.0464 e. The Balaban J connectivity index is 0.000000155. The van der Waals surface area contributed by atoms with Crippen LogP contribution in [-0.2, 0) is 12.8 Å². The van der Waals surface area contributed by atoms with E-state index in [2.05, 4.69) is 516 Å². The van der Waals surface area contributed by atoms with Crippen LogP contribution < -0.4 is 24.5 Å². The molecule has 0 saturated heterocycles. The van der Waals surface area contributed by atoms with Gasteiger partial charge in [0.05, 0.1) is 0 Å². The van der Waals surface area contributed by atoms with E-state index in [1.165, 1.54) is 112 Å². The Labute approximate surface area is 709 Å². The van der Waals surface area contributed by atoms with Gasteiger partial charge in [0, 0.05) is 85.3 Å². The van der Waals surface area contributed by atoms with Gasteiger partial charge in [0.25, 0.3) is 0 Å². The summed E-state index contributed by atoms with van der Waals surface area (Å²) in [4.78, 5) is 11.7. The molecule has 0 amide bonds. The number of fused-ring (bicyclic) bond motifs is 6. The zero-order valence-electron chi connectivity index (χ0n) is 66.9. The van der Waals surface area contributed by atoms with Gasteiger partial charge in [0.2, 0.25) is 0 Å². The molecule has 0 aromatic heterocycles. The van der Waals surface area contributed by atoms with Crippen LogP contribution in [0.2, 0.25) is 0 Å². The Bertz CT molecular complexity index is 6420. The molecule has 0 fully saturated rings. The molecule has 0 heterocycles. The molecule has 0 radical (unpaired) electrons. The second kappa shape index (κ2) is 33.8. The lowest BCUT2D eigenvalue weighted by molar-refractivity contribution is 1.22. The fraction of sp³-hybridized carbons (Fsp3) is 0.0172. The minimum Gasteiger partial charge on any atom is -0.311 e. The summed E-state index contributed by atoms with van der Waals surface area (Å²) < 4.78 is 0. The van der Waals surface area contributed by atoms with Crippen molar-refractivity contribution in [3.05, 3.63) is 514 Å². The highest BCUT2D eigenvalue weighted by Crippen LogP contribution is 2.48. The monoisotopic (exact) mass is 1550 g/mol. The molecule has 0 spiro atoms. The molecule has 0 saturated carbocycles. The van der Waals surface area contributed by atoms with E-state index in [1.807, 2.05) is 0 Å². The van der Waals surface area contributed by atoms with Crippen LogP contribution in [0, 0.1) is 0 Å². The second-order valence-corrected chi connectivity index (χ2v) is 30.8. The van der Waals surface area contributed by atoms with Crippen molar-refractivity contribution in [2.75, 3.05) is 24.5 Å². The average molecular weight is 1550 g/mol. The normalized spacial score (nSPS) is 11.4. The van der Waals surface area contributed by atoms with Crippen LogP contribution >= 0.6 is 0 Å². The number of benzene rings is 19. The minimum atomic E-state index is 0.955. The van der Waals surface area contributed by atoms with Crippen molar-refractivity contribution in [3.8, 4) is 77.9 Å². The Kier molecular flexibility index (Phi) is 20.7. The molecule has 5 heteroatoms. The summed E-state index contributed by atoms with van der Waals surface area (Å²) in [6.45, 7) is 0. The summed E-state index contributed by atoms with van der Waals surface area (Å²) in [6.07, 6.45) is 1.91. The highest BCUT2D eigenvalue weighted by molar-refractivity contribution is 5.90. The SMILES string of the molecule is c1ccc(-c2ccc(N(c3ccc(-c4ccccc4)cc3)c3ccc(-c4ccc(N(c5ccc6c(c5)Cc5ccccc5-6)c5ccc6c(c5)Cc5ccccc5-6)cc4)cc3)cc2)cc1.c1ccc(-c2ccc(N(c3ccc(-c4ccccc4)cc3)c3ccc(N(c4ccccc4)c4ccc(N(c5ccccc5)c5ccccc5)cc4)cc3)cc2)cc1. The van der Waals surface area contributed by atoms with Crippen molar-refractivity contribution >= 4 is 85.3 Å². The van der Waals surface area contributed by atoms with Crippen molar-refractivity contribution < 1.29 is 0 Å². The number of hydrogen-bond donors (Lipinski definition) is 0. The standard InChI is InChI=1S/C62H44N2.C54H41N3/c1-3-11-43(12-4-1)45-19-27-53(28-20-45)63(54-29-21-46(22-30-54)44-13-5-2-6-14-44)55-31-23-47(24-32-55)48-25-33-56(34-26-48)64(57-35-37-61-51(41-57)39-49-15-7-9-17-59(49)61)58-36-38-62-52(42-58)40-50-16-8-10-18-60(50)62;1-6-16-42(17-7-1)44-26-30-49(31-27-44)57(50-32-28-45(29-33-50)43-18-8-2-9-19-43)54-40-38-53(39-41-54)56(48-24-14-5-15-25-48)52-36-34-51(35-37-52)55(46-20-10-3-11-21-46)47-22-12-4-13-23-47/h1-38,41-42H,39-40H2;1-41H. The van der Waals surface area contributed by atoms with Crippen LogP contribution in [0.15, 0.2) is 491 Å². The van der Waals surface area contributed by atoms with Gasteiger partial charge in [-0.2, -0.15) is 0 Å². The lowest BCUT2D eigenvalue weighted by Crippen LogP contribution is -2.13. The van der Waals surface area contributed by atoms with E-state index in [1.54, 1.807) is 0 Å². The molecule has 574 valence electrons. The van der Waals surface area contributed by atoms with E-state index < -0.39 is 0 Å². The number of anilines is 15. The molecule has 0 aliphatic heterocycles. The van der Waals surface area contributed by atoms with Gasteiger partial charge in [-0.05, 0) is 295 Å². The van der Waals surface area contributed by atoms with Gasteiger partial charge >= 0.3 is 0 Å². The maximum atomic E-state index is 2.43. The van der Waals surface area contributed by atoms with Crippen LogP contribution in [0.25, 0.3) is 77.9 Å². The third-order valence-corrected chi connectivity index (χ3v) is 23.4. The first-order chi connectivity index (χ1) is 60.0. The lowest BCUT2D eigenvalue weighted by atomic mass is 10.0. The molecular weight excluding hydrogens is 1460 g/mol. The summed E-state index contributed by atoms with van der Waals surface area (Å²) in [6, 6.07) is 177. The van der Waals surface area contributed by atoms with Crippen molar-refractivity contribution in [1.29, 1.82) is 0 Å². The van der Waals surface area contributed by atoms with Gasteiger partial charge in [-0.15, -0.1) is 0 Å². The van der Waals surface area contributed by atoms with E-state index in [0.717, 1.165) is 86.8 Å². The van der Waals surface area contributed by atoms with Crippen molar-refractivity contribution in [1.82, 2.24) is 0 Å². The summed E-state index contributed by atoms with van der Waals surface area (Å²) in [5.74, 6) is 0. The second-order valence-electron chi connectivity index (χ2n) is 30.8. The first-order valence-corrected chi connectivity index (χ1v) is 41.6. The predicted molar refractivity (Wildman–Crippen MR) is 510 cm³/mol. The van der Waals surface area contributed by atoms with E-state index >= 15 is 0 Å². The van der Waals surface area contributed by atoms with Crippen LogP contribution in [0.4, 0.5) is 85.3 Å². The van der Waals surface area contributed by atoms with Crippen LogP contribution in [0.3, 0.4) is 0 Å². The topological polar surface area (TPSA) is 16.2 Å². The van der Waals surface area contributed by atoms with Gasteiger partial charge in [0.1, 0.15) is 0 Å². The molecule has 21 rings (SSSR count). The van der Waals surface area contributed by atoms with Crippen molar-refractivity contribution in [3.63, 3.8) is 0 Å². The molecule has 2 aliphatic carbocycles. The minimum absolute atomic E-state index is 0.955. The number of para-hydroxylation sites is 3. The summed E-state index contributed by atoms with van der Waals surface area (Å²) in [5, 5.41) is 0. The summed E-state index contributed by atoms with van der Waals surface area (Å²) >= 11 is 0. The third-order valence-electron chi connectivity index (χ3n) is 23.4. The van der Waals surface area contributed by atoms with Crippen molar-refractivity contribution in [2.24, 2.45) is 0 Å². The molecule has 0 bridgehead atoms. The number of nitrogens with zero attached hydrogens (tertiary/aromatic N) is 5. The first kappa shape index (κ1) is 74.0. The zero-order valence-corrected chi connectivity index (χ0v) is 66.9. The van der Waals surface area contributed by atoms with Crippen LogP contribution in [0.1, 0.15) is 22.3 Å². The van der Waals surface area contributed by atoms with Gasteiger partial charge in [-0.1, -0.05) is 309 Å². The predicted octanol–water partition coefficient (Wildman–Crippen LogP) is 32.2. The Morgan fingerprint density at radius 2 is 0.256 bits per heavy atom. The van der Waals surface area contributed by atoms with Crippen molar-refractivity contribution in [2.45, 2.75) is 12.8 Å². The molecule has 121 heavy (non-hydrogen) atoms. The molecule has 2 aliphatic rings. The van der Waals surface area contributed by atoms with E-state index in [-0.39, 0.29) is 0 Å². The summed E-state index contributed by atoms with van der Waals surface area (Å²) in [5.41, 5.74) is 39.5. The zero-order chi connectivity index (χ0) is 80.6. The van der Waals surface area contributed by atoms with Crippen LogP contribution in [-0.4, -0.2) is 0 Å². The number of hydrogen-bond acceptors (Lipinski definition) is 5. The molecule has 19 aromatic carbocycles. The highest BCUT2D eigenvalue weighted by atomic mass is 15.2. The van der Waals surface area contributed by atoms with Gasteiger partial charge in [-0.25, -0.2) is 0 Å². The van der Waals surface area contributed by atoms with Gasteiger partial charge in [0.15, 0.2) is 0 Å². The maximum absolute atomic E-state index is 2.43. The third kappa shape index (κ3) is 15.6. The van der Waals surface area contributed by atoms with E-state index in [9.17, 15) is 0 Å². The number of rotatable bonds is 20. The van der Waals surface area contributed by atoms with Gasteiger partial charge < -0.3 is 24.5 Å². The Morgan fingerprint density at radius 3 is 0.479 bits per heavy atom. The molecule has 5 nitrogen and oxygen atoms in total. The quantitative estimate of drug-likeness (QED) is 0.0754. The largest absolute Gasteiger partial charge is 0.311 e. The van der Waals surface area contributed by atoms with E-state index in [0.29, 0.717) is 0 Å². The Hall–Kier alpha value is -15.8. The molecule has 0 atom stereocenters. The van der Waals surface area contributed by atoms with Crippen LogP contribution in [0.5, 0.6) is 0 Å². The summed E-state index contributed by atoms with van der Waals surface area (Å²) in [7, 11) is 0. The Morgan fingerprint density at radius 1 is 0.107 bits per heavy atom. The van der Waals surface area contributed by atoms with E-state index in [4.69, 9.17) is 0 Å². The fourth-order valence-corrected chi connectivity index (χ4v) is 17.4. The lowest BCUT2D eigenvalue weighted by Gasteiger charge is -2.29. The smallest absolute Gasteiger partial charge is 0.0464 e. The average Bonchev–Trinajstić information content (AvgIpc) is 1.60. The molecule has 0 unspecified atom stereocenters. The molecule has 19 aromatic rings. The van der Waals surface area contributed by atoms with Gasteiger partial charge in [-0.3, -0.25) is 0 Å². The fourth-order valence-electron chi connectivity index (χ4n) is 17.4. The molecule has 0 N–H and O–H groups in total. The first-order valence-electron chi connectivity index (χ1n) is 41.6. The highest BCUT2D eigenvalue weighted by Gasteiger charge is 2.26.